The molecule has 4 heteroatoms. The monoisotopic (exact) mass is 274 g/mol. The Balaban J connectivity index is 1.96. The van der Waals surface area contributed by atoms with E-state index in [0.29, 0.717) is 17.4 Å². The molecule has 19 heavy (non-hydrogen) atoms. The number of nitrogens with zero attached hydrogens (tertiary/aromatic N) is 1. The summed E-state index contributed by atoms with van der Waals surface area (Å²) in [5.41, 5.74) is 2.68. The fourth-order valence-corrected chi connectivity index (χ4v) is 1.86. The Morgan fingerprint density at radius 1 is 1.16 bits per heavy atom. The molecule has 1 aromatic heterocycles. The van der Waals surface area contributed by atoms with Crippen molar-refractivity contribution in [2.24, 2.45) is 0 Å². The fraction of sp³-hybridized carbons (Fsp3) is 0.200. The van der Waals surface area contributed by atoms with Gasteiger partial charge in [0, 0.05) is 6.54 Å². The van der Waals surface area contributed by atoms with E-state index in [9.17, 15) is 4.79 Å². The van der Waals surface area contributed by atoms with Gasteiger partial charge in [0.05, 0.1) is 0 Å². The maximum atomic E-state index is 11.9. The van der Waals surface area contributed by atoms with Gasteiger partial charge in [-0.25, -0.2) is 4.98 Å². The number of hydrogen-bond acceptors (Lipinski definition) is 2. The molecule has 0 aliphatic rings. The predicted molar refractivity (Wildman–Crippen MR) is 76.2 cm³/mol. The number of aromatic nitrogens is 1. The third kappa shape index (κ3) is 3.80. The van der Waals surface area contributed by atoms with Crippen molar-refractivity contribution in [3.8, 4) is 0 Å². The van der Waals surface area contributed by atoms with E-state index in [0.717, 1.165) is 12.0 Å². The van der Waals surface area contributed by atoms with Crippen LogP contribution >= 0.6 is 11.6 Å². The Labute approximate surface area is 117 Å². The van der Waals surface area contributed by atoms with E-state index in [4.69, 9.17) is 11.6 Å². The minimum absolute atomic E-state index is 0.220. The standard InChI is InChI=1S/C15H15ClN2O/c1-2-11-6-8-12(9-7-11)10-17-15(19)13-4-3-5-14(16)18-13/h3-9H,2,10H2,1H3,(H,17,19). The van der Waals surface area contributed by atoms with E-state index in [1.807, 2.05) is 12.1 Å². The number of carbonyl (C=O) groups is 1. The van der Waals surface area contributed by atoms with Crippen molar-refractivity contribution in [2.75, 3.05) is 0 Å². The van der Waals surface area contributed by atoms with Gasteiger partial charge >= 0.3 is 0 Å². The van der Waals surface area contributed by atoms with Crippen LogP contribution in [0.1, 0.15) is 28.5 Å². The molecule has 0 radical (unpaired) electrons. The second-order valence-electron chi connectivity index (χ2n) is 4.20. The highest BCUT2D eigenvalue weighted by Crippen LogP contribution is 2.07. The third-order valence-corrected chi connectivity index (χ3v) is 3.04. The zero-order chi connectivity index (χ0) is 13.7. The smallest absolute Gasteiger partial charge is 0.270 e. The summed E-state index contributed by atoms with van der Waals surface area (Å²) in [5.74, 6) is -0.220. The van der Waals surface area contributed by atoms with E-state index < -0.39 is 0 Å². The number of hydrogen-bond donors (Lipinski definition) is 1. The van der Waals surface area contributed by atoms with Crippen LogP contribution in [0.15, 0.2) is 42.5 Å². The molecule has 2 aromatic rings. The first-order valence-corrected chi connectivity index (χ1v) is 6.55. The van der Waals surface area contributed by atoms with E-state index >= 15 is 0 Å². The average molecular weight is 275 g/mol. The first kappa shape index (κ1) is 13.6. The minimum Gasteiger partial charge on any atom is -0.347 e. The van der Waals surface area contributed by atoms with Crippen LogP contribution in [0.4, 0.5) is 0 Å². The second kappa shape index (κ2) is 6.34. The first-order valence-electron chi connectivity index (χ1n) is 6.17. The lowest BCUT2D eigenvalue weighted by atomic mass is 10.1. The van der Waals surface area contributed by atoms with Crippen LogP contribution in [0.3, 0.4) is 0 Å². The Hall–Kier alpha value is -1.87. The largest absolute Gasteiger partial charge is 0.347 e. The molecular formula is C15H15ClN2O. The SMILES string of the molecule is CCc1ccc(CNC(=O)c2cccc(Cl)n2)cc1. The van der Waals surface area contributed by atoms with Gasteiger partial charge in [0.25, 0.3) is 5.91 Å². The summed E-state index contributed by atoms with van der Waals surface area (Å²) >= 11 is 5.75. The van der Waals surface area contributed by atoms with Crippen LogP contribution < -0.4 is 5.32 Å². The Kier molecular flexibility index (Phi) is 4.53. The third-order valence-electron chi connectivity index (χ3n) is 2.83. The van der Waals surface area contributed by atoms with Gasteiger partial charge in [-0.05, 0) is 29.7 Å². The average Bonchev–Trinajstić information content (AvgIpc) is 2.45. The predicted octanol–water partition coefficient (Wildman–Crippen LogP) is 3.23. The normalized spacial score (nSPS) is 10.2. The molecule has 0 bridgehead atoms. The van der Waals surface area contributed by atoms with E-state index in [2.05, 4.69) is 29.4 Å². The van der Waals surface area contributed by atoms with Gasteiger partial charge in [0.2, 0.25) is 0 Å². The molecule has 98 valence electrons. The lowest BCUT2D eigenvalue weighted by Gasteiger charge is -2.06. The number of benzene rings is 1. The minimum atomic E-state index is -0.220. The topological polar surface area (TPSA) is 42.0 Å². The molecule has 2 rings (SSSR count). The summed E-state index contributed by atoms with van der Waals surface area (Å²) in [7, 11) is 0. The summed E-state index contributed by atoms with van der Waals surface area (Å²) in [5, 5.41) is 3.14. The molecule has 1 aromatic carbocycles. The quantitative estimate of drug-likeness (QED) is 0.870. The molecule has 0 unspecified atom stereocenters. The van der Waals surface area contributed by atoms with Crippen molar-refractivity contribution < 1.29 is 4.79 Å². The Morgan fingerprint density at radius 2 is 1.84 bits per heavy atom. The molecule has 0 aliphatic heterocycles. The number of rotatable bonds is 4. The lowest BCUT2D eigenvalue weighted by Crippen LogP contribution is -2.23. The molecule has 3 nitrogen and oxygen atoms in total. The number of nitrogens with one attached hydrogen (secondary N) is 1. The van der Waals surface area contributed by atoms with E-state index in [1.54, 1.807) is 18.2 Å². The fourth-order valence-electron chi connectivity index (χ4n) is 1.70. The van der Waals surface area contributed by atoms with Gasteiger partial charge in [-0.15, -0.1) is 0 Å². The highest BCUT2D eigenvalue weighted by Gasteiger charge is 2.06. The highest BCUT2D eigenvalue weighted by atomic mass is 35.5. The van der Waals surface area contributed by atoms with Gasteiger partial charge in [-0.2, -0.15) is 0 Å². The van der Waals surface area contributed by atoms with Crippen LogP contribution in [-0.4, -0.2) is 10.9 Å². The Bertz CT molecular complexity index is 567. The van der Waals surface area contributed by atoms with Gasteiger partial charge in [0.15, 0.2) is 0 Å². The summed E-state index contributed by atoms with van der Waals surface area (Å²) in [4.78, 5) is 15.8. The van der Waals surface area contributed by atoms with E-state index in [1.165, 1.54) is 5.56 Å². The van der Waals surface area contributed by atoms with Crippen LogP contribution in [0, 0.1) is 0 Å². The molecule has 1 N–H and O–H groups in total. The second-order valence-corrected chi connectivity index (χ2v) is 4.59. The van der Waals surface area contributed by atoms with Crippen molar-refractivity contribution in [2.45, 2.75) is 19.9 Å². The molecule has 0 fully saturated rings. The number of aryl methyl sites for hydroxylation is 1. The number of pyridine rings is 1. The maximum Gasteiger partial charge on any atom is 0.270 e. The lowest BCUT2D eigenvalue weighted by molar-refractivity contribution is 0.0946. The summed E-state index contributed by atoms with van der Waals surface area (Å²) in [6, 6.07) is 13.2. The number of amides is 1. The summed E-state index contributed by atoms with van der Waals surface area (Å²) < 4.78 is 0. The van der Waals surface area contributed by atoms with Crippen molar-refractivity contribution in [1.82, 2.24) is 10.3 Å². The van der Waals surface area contributed by atoms with Crippen LogP contribution in [0.25, 0.3) is 0 Å². The van der Waals surface area contributed by atoms with Gasteiger partial charge in [0.1, 0.15) is 10.8 Å². The van der Waals surface area contributed by atoms with Crippen molar-refractivity contribution in [3.05, 3.63) is 64.4 Å². The summed E-state index contributed by atoms with van der Waals surface area (Å²) in [6.45, 7) is 2.60. The van der Waals surface area contributed by atoms with Crippen LogP contribution in [0.2, 0.25) is 5.15 Å². The number of halogens is 1. The molecule has 1 heterocycles. The first-order chi connectivity index (χ1) is 9.19. The highest BCUT2D eigenvalue weighted by molar-refractivity contribution is 6.29. The maximum absolute atomic E-state index is 11.9. The molecule has 0 spiro atoms. The van der Waals surface area contributed by atoms with Gasteiger partial charge in [-0.3, -0.25) is 4.79 Å². The van der Waals surface area contributed by atoms with Crippen molar-refractivity contribution in [1.29, 1.82) is 0 Å². The number of carbonyl (C=O) groups excluding carboxylic acids is 1. The molecular weight excluding hydrogens is 260 g/mol. The molecule has 0 aliphatic carbocycles. The Morgan fingerprint density at radius 3 is 2.47 bits per heavy atom. The molecule has 0 saturated heterocycles. The van der Waals surface area contributed by atoms with Gasteiger partial charge < -0.3 is 5.32 Å². The van der Waals surface area contributed by atoms with Crippen LogP contribution in [0.5, 0.6) is 0 Å². The zero-order valence-corrected chi connectivity index (χ0v) is 11.4. The molecule has 0 atom stereocenters. The summed E-state index contributed by atoms with van der Waals surface area (Å²) in [6.07, 6.45) is 1.01. The van der Waals surface area contributed by atoms with Gasteiger partial charge in [-0.1, -0.05) is 48.9 Å². The zero-order valence-electron chi connectivity index (χ0n) is 10.7. The van der Waals surface area contributed by atoms with E-state index in [-0.39, 0.29) is 5.91 Å². The van der Waals surface area contributed by atoms with Crippen molar-refractivity contribution >= 4 is 17.5 Å². The molecule has 1 amide bonds. The van der Waals surface area contributed by atoms with Crippen molar-refractivity contribution in [3.63, 3.8) is 0 Å². The molecule has 0 saturated carbocycles. The van der Waals surface area contributed by atoms with Crippen LogP contribution in [-0.2, 0) is 13.0 Å².